The Kier molecular flexibility index (Phi) is 3.40. The van der Waals surface area contributed by atoms with Gasteiger partial charge in [0.05, 0.1) is 0 Å². The maximum Gasteiger partial charge on any atom is 0.354 e. The molecule has 2 aliphatic rings. The number of aromatic carboxylic acids is 1. The Bertz CT molecular complexity index is 475. The molecule has 0 spiro atoms. The Morgan fingerprint density at radius 2 is 2.00 bits per heavy atom. The normalized spacial score (nSPS) is 26.8. The number of aromatic nitrogens is 1. The highest BCUT2D eigenvalue weighted by molar-refractivity contribution is 5.85. The van der Waals surface area contributed by atoms with Crippen molar-refractivity contribution in [1.82, 2.24) is 4.98 Å². The zero-order chi connectivity index (χ0) is 13.2. The summed E-state index contributed by atoms with van der Waals surface area (Å²) < 4.78 is 0. The Morgan fingerprint density at radius 3 is 2.79 bits per heavy atom. The van der Waals surface area contributed by atoms with Crippen molar-refractivity contribution in [2.24, 2.45) is 11.8 Å². The predicted octanol–water partition coefficient (Wildman–Crippen LogP) is 2.80. The molecule has 1 aromatic heterocycles. The molecular formula is C15H20N2O2. The van der Waals surface area contributed by atoms with Gasteiger partial charge in [0.15, 0.2) is 5.69 Å². The Morgan fingerprint density at radius 1 is 1.21 bits per heavy atom. The van der Waals surface area contributed by atoms with Crippen molar-refractivity contribution in [3.8, 4) is 0 Å². The minimum Gasteiger partial charge on any atom is -0.477 e. The smallest absolute Gasteiger partial charge is 0.354 e. The van der Waals surface area contributed by atoms with Crippen LogP contribution in [0.25, 0.3) is 0 Å². The van der Waals surface area contributed by atoms with Crippen LogP contribution in [0, 0.1) is 11.8 Å². The number of hydrogen-bond donors (Lipinski definition) is 1. The van der Waals surface area contributed by atoms with Gasteiger partial charge in [0.2, 0.25) is 0 Å². The van der Waals surface area contributed by atoms with E-state index in [1.165, 1.54) is 32.1 Å². The lowest BCUT2D eigenvalue weighted by molar-refractivity contribution is 0.0690. The summed E-state index contributed by atoms with van der Waals surface area (Å²) in [6, 6.07) is 5.27. The summed E-state index contributed by atoms with van der Waals surface area (Å²) >= 11 is 0. The topological polar surface area (TPSA) is 53.4 Å². The van der Waals surface area contributed by atoms with Crippen LogP contribution in [0.2, 0.25) is 0 Å². The largest absolute Gasteiger partial charge is 0.477 e. The van der Waals surface area contributed by atoms with Gasteiger partial charge in [0, 0.05) is 13.1 Å². The van der Waals surface area contributed by atoms with Crippen molar-refractivity contribution in [1.29, 1.82) is 0 Å². The van der Waals surface area contributed by atoms with Crippen molar-refractivity contribution >= 4 is 11.8 Å². The van der Waals surface area contributed by atoms with E-state index in [1.54, 1.807) is 12.1 Å². The molecule has 1 saturated carbocycles. The second kappa shape index (κ2) is 5.19. The predicted molar refractivity (Wildman–Crippen MR) is 73.5 cm³/mol. The SMILES string of the molecule is O=C(O)c1cccc(N2CCC3CCCCC3C2)n1. The zero-order valence-corrected chi connectivity index (χ0v) is 11.1. The third-order valence-corrected chi connectivity index (χ3v) is 4.57. The van der Waals surface area contributed by atoms with Gasteiger partial charge in [0.25, 0.3) is 0 Å². The van der Waals surface area contributed by atoms with Gasteiger partial charge in [-0.1, -0.05) is 25.3 Å². The van der Waals surface area contributed by atoms with Gasteiger partial charge >= 0.3 is 5.97 Å². The highest BCUT2D eigenvalue weighted by atomic mass is 16.4. The lowest BCUT2D eigenvalue weighted by Crippen LogP contribution is -2.42. The van der Waals surface area contributed by atoms with Crippen molar-refractivity contribution in [3.63, 3.8) is 0 Å². The highest BCUT2D eigenvalue weighted by Crippen LogP contribution is 2.37. The van der Waals surface area contributed by atoms with Crippen LogP contribution in [0.15, 0.2) is 18.2 Å². The fourth-order valence-electron chi connectivity index (χ4n) is 3.53. The van der Waals surface area contributed by atoms with Gasteiger partial charge < -0.3 is 10.0 Å². The van der Waals surface area contributed by atoms with Crippen LogP contribution >= 0.6 is 0 Å². The quantitative estimate of drug-likeness (QED) is 0.888. The fourth-order valence-corrected chi connectivity index (χ4v) is 3.53. The van der Waals surface area contributed by atoms with Gasteiger partial charge in [-0.15, -0.1) is 0 Å². The van der Waals surface area contributed by atoms with Crippen LogP contribution in [0.4, 0.5) is 5.82 Å². The maximum absolute atomic E-state index is 11.0. The van der Waals surface area contributed by atoms with Gasteiger partial charge in [-0.05, 0) is 36.8 Å². The fraction of sp³-hybridized carbons (Fsp3) is 0.600. The molecule has 102 valence electrons. The van der Waals surface area contributed by atoms with E-state index in [0.717, 1.165) is 30.7 Å². The Labute approximate surface area is 113 Å². The first kappa shape index (κ1) is 12.5. The van der Waals surface area contributed by atoms with Gasteiger partial charge in [0.1, 0.15) is 5.82 Å². The first-order valence-electron chi connectivity index (χ1n) is 7.19. The van der Waals surface area contributed by atoms with Crippen LogP contribution in [0.3, 0.4) is 0 Å². The van der Waals surface area contributed by atoms with Crippen molar-refractivity contribution < 1.29 is 9.90 Å². The molecule has 0 radical (unpaired) electrons. The van der Waals surface area contributed by atoms with Crippen molar-refractivity contribution in [3.05, 3.63) is 23.9 Å². The third kappa shape index (κ3) is 2.57. The molecule has 1 saturated heterocycles. The summed E-state index contributed by atoms with van der Waals surface area (Å²) in [5.74, 6) is 1.53. The third-order valence-electron chi connectivity index (χ3n) is 4.57. The van der Waals surface area contributed by atoms with Gasteiger partial charge in [-0.2, -0.15) is 0 Å². The first-order chi connectivity index (χ1) is 9.24. The van der Waals surface area contributed by atoms with E-state index in [1.807, 2.05) is 6.07 Å². The van der Waals surface area contributed by atoms with Crippen LogP contribution < -0.4 is 4.90 Å². The number of hydrogen-bond acceptors (Lipinski definition) is 3. The van der Waals surface area contributed by atoms with E-state index < -0.39 is 5.97 Å². The summed E-state index contributed by atoms with van der Waals surface area (Å²) in [7, 11) is 0. The number of fused-ring (bicyclic) bond motifs is 1. The first-order valence-corrected chi connectivity index (χ1v) is 7.19. The molecule has 1 aromatic rings. The summed E-state index contributed by atoms with van der Waals surface area (Å²) in [4.78, 5) is 17.5. The van der Waals surface area contributed by atoms with Crippen molar-refractivity contribution in [2.75, 3.05) is 18.0 Å². The molecule has 2 heterocycles. The molecule has 4 heteroatoms. The zero-order valence-electron chi connectivity index (χ0n) is 11.1. The molecule has 19 heavy (non-hydrogen) atoms. The standard InChI is InChI=1S/C15H20N2O2/c18-15(19)13-6-3-7-14(16-13)17-9-8-11-4-1-2-5-12(11)10-17/h3,6-7,11-12H,1-2,4-5,8-10H2,(H,18,19). The molecule has 4 nitrogen and oxygen atoms in total. The average molecular weight is 260 g/mol. The molecule has 2 atom stereocenters. The second-order valence-corrected chi connectivity index (χ2v) is 5.73. The molecule has 0 bridgehead atoms. The van der Waals surface area contributed by atoms with E-state index in [4.69, 9.17) is 5.11 Å². The summed E-state index contributed by atoms with van der Waals surface area (Å²) in [6.45, 7) is 2.05. The molecule has 1 aliphatic heterocycles. The number of piperidine rings is 1. The lowest BCUT2D eigenvalue weighted by Gasteiger charge is -2.41. The van der Waals surface area contributed by atoms with E-state index >= 15 is 0 Å². The van der Waals surface area contributed by atoms with E-state index in [9.17, 15) is 4.79 Å². The number of carboxylic acid groups (broad SMARTS) is 1. The number of anilines is 1. The minimum absolute atomic E-state index is 0.142. The number of carboxylic acids is 1. The number of pyridine rings is 1. The molecule has 2 unspecified atom stereocenters. The van der Waals surface area contributed by atoms with Gasteiger partial charge in [-0.25, -0.2) is 9.78 Å². The summed E-state index contributed by atoms with van der Waals surface area (Å²) in [5, 5.41) is 9.01. The number of nitrogens with zero attached hydrogens (tertiary/aromatic N) is 2. The Hall–Kier alpha value is -1.58. The molecular weight excluding hydrogens is 240 g/mol. The van der Waals surface area contributed by atoms with Crippen LogP contribution in [-0.2, 0) is 0 Å². The second-order valence-electron chi connectivity index (χ2n) is 5.73. The molecule has 1 N–H and O–H groups in total. The molecule has 1 aliphatic carbocycles. The monoisotopic (exact) mass is 260 g/mol. The van der Waals surface area contributed by atoms with Crippen LogP contribution in [0.5, 0.6) is 0 Å². The van der Waals surface area contributed by atoms with Crippen LogP contribution in [-0.4, -0.2) is 29.1 Å². The maximum atomic E-state index is 11.0. The Balaban J connectivity index is 1.75. The van der Waals surface area contributed by atoms with Crippen LogP contribution in [0.1, 0.15) is 42.6 Å². The molecule has 3 rings (SSSR count). The number of rotatable bonds is 2. The minimum atomic E-state index is -0.950. The van der Waals surface area contributed by atoms with E-state index in [0.29, 0.717) is 0 Å². The lowest BCUT2D eigenvalue weighted by atomic mass is 9.75. The molecule has 2 fully saturated rings. The van der Waals surface area contributed by atoms with Gasteiger partial charge in [-0.3, -0.25) is 0 Å². The molecule has 0 aromatic carbocycles. The van der Waals surface area contributed by atoms with E-state index in [2.05, 4.69) is 9.88 Å². The molecule has 0 amide bonds. The van der Waals surface area contributed by atoms with Crippen molar-refractivity contribution in [2.45, 2.75) is 32.1 Å². The average Bonchev–Trinajstić information content (AvgIpc) is 2.47. The summed E-state index contributed by atoms with van der Waals surface area (Å²) in [6.07, 6.45) is 6.65. The summed E-state index contributed by atoms with van der Waals surface area (Å²) in [5.41, 5.74) is 0.142. The van der Waals surface area contributed by atoms with E-state index in [-0.39, 0.29) is 5.69 Å². The number of carbonyl (C=O) groups is 1. The highest BCUT2D eigenvalue weighted by Gasteiger charge is 2.31.